The van der Waals surface area contributed by atoms with Crippen molar-refractivity contribution < 1.29 is 9.47 Å². The molecule has 0 radical (unpaired) electrons. The molecule has 0 aliphatic heterocycles. The second-order valence-electron chi connectivity index (χ2n) is 6.27. The van der Waals surface area contributed by atoms with Crippen LogP contribution in [-0.4, -0.2) is 38.8 Å². The van der Waals surface area contributed by atoms with Gasteiger partial charge in [0.1, 0.15) is 5.82 Å². The zero-order valence-corrected chi connectivity index (χ0v) is 16.7. The number of methoxy groups -OCH3 is 2. The highest BCUT2D eigenvalue weighted by Gasteiger charge is 2.12. The maximum absolute atomic E-state index is 6.34. The van der Waals surface area contributed by atoms with E-state index in [1.165, 1.54) is 0 Å². The van der Waals surface area contributed by atoms with Crippen molar-refractivity contribution in [3.05, 3.63) is 40.6 Å². The zero-order chi connectivity index (χ0) is 19.2. The van der Waals surface area contributed by atoms with E-state index in [-0.39, 0.29) is 0 Å². The Balaban J connectivity index is 1.65. The summed E-state index contributed by atoms with van der Waals surface area (Å²) < 4.78 is 12.3. The molecule has 3 heterocycles. The fourth-order valence-electron chi connectivity index (χ4n) is 2.93. The zero-order valence-electron chi connectivity index (χ0n) is 15.9. The standard InChI is InChI=1S/C19H24ClN5O2/c1-4-7-13-10-11-16-23-19(20)14(25(16)24-13)8-5-6-9-15-21-17(26-2)12-18(22-15)27-3/h10-12H,4-9H2,1-3H3. The molecular weight excluding hydrogens is 366 g/mol. The van der Waals surface area contributed by atoms with E-state index in [2.05, 4.69) is 27.0 Å². The van der Waals surface area contributed by atoms with Crippen LogP contribution < -0.4 is 9.47 Å². The summed E-state index contributed by atoms with van der Waals surface area (Å²) in [5.74, 6) is 1.72. The van der Waals surface area contributed by atoms with Gasteiger partial charge in [-0.2, -0.15) is 15.1 Å². The number of hydrogen-bond acceptors (Lipinski definition) is 6. The van der Waals surface area contributed by atoms with Gasteiger partial charge in [-0.05, 0) is 37.8 Å². The summed E-state index contributed by atoms with van der Waals surface area (Å²) in [5.41, 5.74) is 2.79. The van der Waals surface area contributed by atoms with Gasteiger partial charge in [-0.25, -0.2) is 9.50 Å². The first-order valence-electron chi connectivity index (χ1n) is 9.13. The molecule has 0 bridgehead atoms. The van der Waals surface area contributed by atoms with E-state index in [9.17, 15) is 0 Å². The number of unbranched alkanes of at least 4 members (excludes halogenated alkanes) is 1. The first-order chi connectivity index (χ1) is 13.1. The monoisotopic (exact) mass is 389 g/mol. The summed E-state index contributed by atoms with van der Waals surface area (Å²) in [5, 5.41) is 5.20. The summed E-state index contributed by atoms with van der Waals surface area (Å²) in [6.45, 7) is 2.14. The predicted octanol–water partition coefficient (Wildman–Crippen LogP) is 3.71. The number of imidazole rings is 1. The van der Waals surface area contributed by atoms with Crippen molar-refractivity contribution in [2.75, 3.05) is 14.2 Å². The van der Waals surface area contributed by atoms with E-state index in [4.69, 9.17) is 21.1 Å². The number of aromatic nitrogens is 5. The molecule has 0 aromatic carbocycles. The highest BCUT2D eigenvalue weighted by molar-refractivity contribution is 6.30. The van der Waals surface area contributed by atoms with Gasteiger partial charge in [0.05, 0.1) is 31.7 Å². The predicted molar refractivity (Wildman–Crippen MR) is 104 cm³/mol. The maximum atomic E-state index is 6.34. The summed E-state index contributed by atoms with van der Waals surface area (Å²) in [4.78, 5) is 13.1. The number of halogens is 1. The third-order valence-electron chi connectivity index (χ3n) is 4.29. The smallest absolute Gasteiger partial charge is 0.220 e. The highest BCUT2D eigenvalue weighted by Crippen LogP contribution is 2.20. The van der Waals surface area contributed by atoms with Gasteiger partial charge in [-0.1, -0.05) is 24.9 Å². The summed E-state index contributed by atoms with van der Waals surface area (Å²) >= 11 is 6.34. The molecule has 0 unspecified atom stereocenters. The number of aryl methyl sites for hydroxylation is 3. The van der Waals surface area contributed by atoms with Gasteiger partial charge in [-0.3, -0.25) is 0 Å². The van der Waals surface area contributed by atoms with E-state index in [1.807, 2.05) is 16.6 Å². The molecule has 0 saturated heterocycles. The second-order valence-corrected chi connectivity index (χ2v) is 6.63. The Labute approximate surface area is 163 Å². The van der Waals surface area contributed by atoms with Crippen LogP contribution in [0.15, 0.2) is 18.2 Å². The molecular formula is C19H24ClN5O2. The molecule has 0 aliphatic carbocycles. The van der Waals surface area contributed by atoms with Crippen molar-refractivity contribution in [2.45, 2.75) is 45.4 Å². The van der Waals surface area contributed by atoms with Gasteiger partial charge in [0.25, 0.3) is 0 Å². The molecule has 0 fully saturated rings. The molecule has 3 rings (SSSR count). The summed E-state index contributed by atoms with van der Waals surface area (Å²) in [6.07, 6.45) is 5.37. The van der Waals surface area contributed by atoms with E-state index in [1.54, 1.807) is 20.3 Å². The topological polar surface area (TPSA) is 74.4 Å². The number of nitrogens with zero attached hydrogens (tertiary/aromatic N) is 5. The van der Waals surface area contributed by atoms with Crippen LogP contribution in [0, 0.1) is 0 Å². The molecule has 0 aliphatic rings. The minimum atomic E-state index is 0.509. The number of hydrogen-bond donors (Lipinski definition) is 0. The average Bonchev–Trinajstić information content (AvgIpc) is 2.99. The number of fused-ring (bicyclic) bond motifs is 1. The lowest BCUT2D eigenvalue weighted by molar-refractivity contribution is 0.367. The van der Waals surface area contributed by atoms with Crippen molar-refractivity contribution in [1.29, 1.82) is 0 Å². The molecule has 144 valence electrons. The molecule has 0 amide bonds. The van der Waals surface area contributed by atoms with E-state index < -0.39 is 0 Å². The van der Waals surface area contributed by atoms with Crippen LogP contribution in [0.4, 0.5) is 0 Å². The lowest BCUT2D eigenvalue weighted by atomic mass is 10.1. The van der Waals surface area contributed by atoms with Gasteiger partial charge in [-0.15, -0.1) is 0 Å². The van der Waals surface area contributed by atoms with Gasteiger partial charge >= 0.3 is 0 Å². The van der Waals surface area contributed by atoms with Gasteiger partial charge in [0.2, 0.25) is 11.8 Å². The third kappa shape index (κ3) is 4.66. The molecule has 7 nitrogen and oxygen atoms in total. The Bertz CT molecular complexity index is 890. The van der Waals surface area contributed by atoms with Gasteiger partial charge < -0.3 is 9.47 Å². The third-order valence-corrected chi connectivity index (χ3v) is 4.59. The first-order valence-corrected chi connectivity index (χ1v) is 9.51. The van der Waals surface area contributed by atoms with E-state index in [0.717, 1.165) is 55.6 Å². The lowest BCUT2D eigenvalue weighted by Gasteiger charge is -2.07. The fraction of sp³-hybridized carbons (Fsp3) is 0.474. The highest BCUT2D eigenvalue weighted by atomic mass is 35.5. The van der Waals surface area contributed by atoms with Crippen LogP contribution in [0.5, 0.6) is 11.8 Å². The Kier molecular flexibility index (Phi) is 6.45. The number of ether oxygens (including phenoxy) is 2. The van der Waals surface area contributed by atoms with Gasteiger partial charge in [0.15, 0.2) is 10.8 Å². The molecule has 8 heteroatoms. The fourth-order valence-corrected chi connectivity index (χ4v) is 3.20. The molecule has 27 heavy (non-hydrogen) atoms. The number of rotatable bonds is 9. The Morgan fingerprint density at radius 2 is 1.67 bits per heavy atom. The Hall–Kier alpha value is -2.41. The van der Waals surface area contributed by atoms with Crippen molar-refractivity contribution in [3.8, 4) is 11.8 Å². The van der Waals surface area contributed by atoms with Crippen LogP contribution in [-0.2, 0) is 19.3 Å². The van der Waals surface area contributed by atoms with Crippen LogP contribution in [0.1, 0.15) is 43.4 Å². The van der Waals surface area contributed by atoms with Crippen molar-refractivity contribution in [1.82, 2.24) is 24.6 Å². The lowest BCUT2D eigenvalue weighted by Crippen LogP contribution is -2.03. The molecule has 3 aromatic rings. The Morgan fingerprint density at radius 3 is 2.33 bits per heavy atom. The van der Waals surface area contributed by atoms with Crippen LogP contribution in [0.2, 0.25) is 5.15 Å². The molecule has 0 spiro atoms. The first kappa shape index (κ1) is 19.4. The minimum Gasteiger partial charge on any atom is -0.481 e. The van der Waals surface area contributed by atoms with Crippen LogP contribution >= 0.6 is 11.6 Å². The molecule has 0 N–H and O–H groups in total. The Morgan fingerprint density at radius 1 is 0.963 bits per heavy atom. The molecule has 3 aromatic heterocycles. The molecule has 0 saturated carbocycles. The SMILES string of the molecule is CCCc1ccc2nc(Cl)c(CCCCc3nc(OC)cc(OC)n3)n2n1. The van der Waals surface area contributed by atoms with Crippen molar-refractivity contribution >= 4 is 17.2 Å². The average molecular weight is 390 g/mol. The second kappa shape index (κ2) is 8.99. The van der Waals surface area contributed by atoms with Crippen molar-refractivity contribution in [3.63, 3.8) is 0 Å². The minimum absolute atomic E-state index is 0.509. The van der Waals surface area contributed by atoms with Crippen molar-refractivity contribution in [2.24, 2.45) is 0 Å². The van der Waals surface area contributed by atoms with Gasteiger partial charge in [0, 0.05) is 6.42 Å². The maximum Gasteiger partial charge on any atom is 0.220 e. The van der Waals surface area contributed by atoms with E-state index in [0.29, 0.717) is 22.7 Å². The largest absolute Gasteiger partial charge is 0.481 e. The van der Waals surface area contributed by atoms with E-state index >= 15 is 0 Å². The normalized spacial score (nSPS) is 11.1. The van der Waals surface area contributed by atoms with Crippen LogP contribution in [0.3, 0.4) is 0 Å². The van der Waals surface area contributed by atoms with Crippen LogP contribution in [0.25, 0.3) is 5.65 Å². The summed E-state index contributed by atoms with van der Waals surface area (Å²) in [6, 6.07) is 5.66. The summed E-state index contributed by atoms with van der Waals surface area (Å²) in [7, 11) is 3.16. The molecule has 0 atom stereocenters. The quantitative estimate of drug-likeness (QED) is 0.519.